The normalized spacial score (nSPS) is 11.9. The third-order valence-corrected chi connectivity index (χ3v) is 6.37. The molecule has 0 bridgehead atoms. The highest BCUT2D eigenvalue weighted by Crippen LogP contribution is 2.30. The Bertz CT molecular complexity index is 1500. The maximum Gasteiger partial charge on any atom is 0.168 e. The number of fused-ring (bicyclic) bond motifs is 1. The van der Waals surface area contributed by atoms with Gasteiger partial charge in [0.25, 0.3) is 0 Å². The molecule has 35 heavy (non-hydrogen) atoms. The van der Waals surface area contributed by atoms with Crippen LogP contribution in [0.25, 0.3) is 27.3 Å². The lowest BCUT2D eigenvalue weighted by Crippen LogP contribution is -2.11. The molecule has 0 aliphatic rings. The molecule has 3 aromatic heterocycles. The summed E-state index contributed by atoms with van der Waals surface area (Å²) < 4.78 is 7.07. The first-order valence-electron chi connectivity index (χ1n) is 11.1. The van der Waals surface area contributed by atoms with Crippen LogP contribution in [0.15, 0.2) is 71.5 Å². The number of rotatable bonds is 6. The van der Waals surface area contributed by atoms with Gasteiger partial charge in [-0.25, -0.2) is 19.6 Å². The minimum absolute atomic E-state index is 0.0455. The molecule has 8 nitrogen and oxygen atoms in total. The molecule has 9 heteroatoms. The maximum absolute atomic E-state index is 5.32. The van der Waals surface area contributed by atoms with E-state index >= 15 is 0 Å². The van der Waals surface area contributed by atoms with Gasteiger partial charge in [-0.2, -0.15) is 10.2 Å². The van der Waals surface area contributed by atoms with Crippen LogP contribution in [0, 0.1) is 0 Å². The highest BCUT2D eigenvalue weighted by molar-refractivity contribution is 7.13. The minimum Gasteiger partial charge on any atom is -0.497 e. The van der Waals surface area contributed by atoms with Crippen molar-refractivity contribution in [2.75, 3.05) is 12.5 Å². The van der Waals surface area contributed by atoms with Crippen molar-refractivity contribution in [3.05, 3.63) is 77.7 Å². The van der Waals surface area contributed by atoms with E-state index in [0.717, 1.165) is 38.7 Å². The van der Waals surface area contributed by atoms with E-state index in [1.807, 2.05) is 36.4 Å². The molecule has 0 saturated carbocycles. The molecule has 0 unspecified atom stereocenters. The van der Waals surface area contributed by atoms with Crippen molar-refractivity contribution in [3.63, 3.8) is 0 Å². The number of hydrogen-bond donors (Lipinski definition) is 1. The second-order valence-electron chi connectivity index (χ2n) is 9.00. The predicted molar refractivity (Wildman–Crippen MR) is 141 cm³/mol. The topological polar surface area (TPSA) is 90.1 Å². The van der Waals surface area contributed by atoms with Crippen LogP contribution < -0.4 is 10.2 Å². The number of aromatic nitrogens is 5. The molecular weight excluding hydrogens is 458 g/mol. The van der Waals surface area contributed by atoms with Crippen LogP contribution >= 0.6 is 11.3 Å². The van der Waals surface area contributed by atoms with Crippen molar-refractivity contribution in [1.82, 2.24) is 24.7 Å². The van der Waals surface area contributed by atoms with Gasteiger partial charge >= 0.3 is 0 Å². The van der Waals surface area contributed by atoms with Gasteiger partial charge < -0.3 is 4.74 Å². The lowest BCUT2D eigenvalue weighted by atomic mass is 9.93. The van der Waals surface area contributed by atoms with Gasteiger partial charge in [-0.05, 0) is 17.7 Å². The highest BCUT2D eigenvalue weighted by atomic mass is 32.1. The summed E-state index contributed by atoms with van der Waals surface area (Å²) in [5.41, 5.74) is 7.76. The Balaban J connectivity index is 1.32. The number of ether oxygens (including phenoxy) is 1. The first-order chi connectivity index (χ1) is 16.9. The molecule has 0 amide bonds. The largest absolute Gasteiger partial charge is 0.497 e. The Hall–Kier alpha value is -4.11. The lowest BCUT2D eigenvalue weighted by Gasteiger charge is -2.14. The van der Waals surface area contributed by atoms with Gasteiger partial charge in [0.2, 0.25) is 0 Å². The van der Waals surface area contributed by atoms with Crippen molar-refractivity contribution >= 4 is 34.4 Å². The van der Waals surface area contributed by atoms with Gasteiger partial charge in [0.05, 0.1) is 36.3 Å². The monoisotopic (exact) mass is 483 g/mol. The van der Waals surface area contributed by atoms with Gasteiger partial charge in [0.15, 0.2) is 11.5 Å². The summed E-state index contributed by atoms with van der Waals surface area (Å²) in [5, 5.41) is 12.8. The van der Waals surface area contributed by atoms with Crippen LogP contribution in [0.2, 0.25) is 0 Å². The summed E-state index contributed by atoms with van der Waals surface area (Å²) in [6, 6.07) is 15.8. The highest BCUT2D eigenvalue weighted by Gasteiger charge is 2.18. The van der Waals surface area contributed by atoms with E-state index in [2.05, 4.69) is 63.9 Å². The summed E-state index contributed by atoms with van der Waals surface area (Å²) in [6.07, 6.45) is 4.97. The summed E-state index contributed by atoms with van der Waals surface area (Å²) in [4.78, 5) is 13.5. The Morgan fingerprint density at radius 2 is 1.91 bits per heavy atom. The first kappa shape index (κ1) is 22.7. The molecule has 0 aliphatic heterocycles. The zero-order valence-corrected chi connectivity index (χ0v) is 20.7. The second kappa shape index (κ2) is 9.27. The van der Waals surface area contributed by atoms with Crippen LogP contribution in [0.3, 0.4) is 0 Å². The van der Waals surface area contributed by atoms with Gasteiger partial charge in [-0.3, -0.25) is 5.43 Å². The SMILES string of the molecule is COc1cccc(-n2ncc3c(N/N=C/c4ccc(-c5nc(C(C)(C)C)cs5)cc4)ncnc32)c1. The van der Waals surface area contributed by atoms with Gasteiger partial charge in [-0.15, -0.1) is 11.3 Å². The van der Waals surface area contributed by atoms with Crippen molar-refractivity contribution in [1.29, 1.82) is 0 Å². The second-order valence-corrected chi connectivity index (χ2v) is 9.86. The van der Waals surface area contributed by atoms with Crippen LogP contribution in [0.1, 0.15) is 32.0 Å². The molecular formula is C26H25N7OS. The van der Waals surface area contributed by atoms with Crippen molar-refractivity contribution in [2.24, 2.45) is 5.10 Å². The Morgan fingerprint density at radius 1 is 1.09 bits per heavy atom. The minimum atomic E-state index is 0.0455. The molecule has 2 aromatic carbocycles. The van der Waals surface area contributed by atoms with Gasteiger partial charge in [-0.1, -0.05) is 51.1 Å². The number of hydrazone groups is 1. The number of benzene rings is 2. The van der Waals surface area contributed by atoms with E-state index in [1.54, 1.807) is 35.5 Å². The van der Waals surface area contributed by atoms with E-state index in [4.69, 9.17) is 9.72 Å². The quantitative estimate of drug-likeness (QED) is 0.246. The van der Waals surface area contributed by atoms with Crippen LogP contribution in [0.5, 0.6) is 5.75 Å². The third-order valence-electron chi connectivity index (χ3n) is 5.48. The van der Waals surface area contributed by atoms with Gasteiger partial charge in [0, 0.05) is 22.4 Å². The smallest absolute Gasteiger partial charge is 0.168 e. The predicted octanol–water partition coefficient (Wildman–Crippen LogP) is 5.69. The average molecular weight is 484 g/mol. The number of nitrogens with one attached hydrogen (secondary N) is 1. The first-order valence-corrected chi connectivity index (χ1v) is 12.0. The molecule has 0 radical (unpaired) electrons. The molecule has 0 saturated heterocycles. The van der Waals surface area contributed by atoms with E-state index < -0.39 is 0 Å². The van der Waals surface area contributed by atoms with Crippen molar-refractivity contribution < 1.29 is 4.74 Å². The Morgan fingerprint density at radius 3 is 2.66 bits per heavy atom. The fourth-order valence-corrected chi connectivity index (χ4v) is 4.55. The van der Waals surface area contributed by atoms with Crippen molar-refractivity contribution in [2.45, 2.75) is 26.2 Å². The number of methoxy groups -OCH3 is 1. The summed E-state index contributed by atoms with van der Waals surface area (Å²) in [6.45, 7) is 6.52. The van der Waals surface area contributed by atoms with Crippen LogP contribution in [-0.4, -0.2) is 38.1 Å². The molecule has 3 heterocycles. The van der Waals surface area contributed by atoms with Crippen LogP contribution in [0.4, 0.5) is 5.82 Å². The molecule has 0 spiro atoms. The zero-order chi connectivity index (χ0) is 24.4. The van der Waals surface area contributed by atoms with E-state index in [9.17, 15) is 0 Å². The standard InChI is InChI=1S/C26H25N7OS/c1-26(2,3)22-15-35-25(31-22)18-10-8-17(9-11-18)13-29-32-23-21-14-30-33(24(21)28-16-27-23)19-6-5-7-20(12-19)34-4/h5-16H,1-4H3,(H,27,28,32)/b29-13+. The number of thiazole rings is 1. The molecule has 0 fully saturated rings. The molecule has 5 aromatic rings. The fraction of sp³-hybridized carbons (Fsp3) is 0.192. The van der Waals surface area contributed by atoms with E-state index in [0.29, 0.717) is 11.5 Å². The van der Waals surface area contributed by atoms with Gasteiger partial charge in [0.1, 0.15) is 17.1 Å². The van der Waals surface area contributed by atoms with Crippen LogP contribution in [-0.2, 0) is 5.41 Å². The molecule has 0 aliphatic carbocycles. The number of anilines is 1. The van der Waals surface area contributed by atoms with E-state index in [1.165, 1.54) is 6.33 Å². The fourth-order valence-electron chi connectivity index (χ4n) is 3.49. The molecule has 1 N–H and O–H groups in total. The Labute approximate surface area is 207 Å². The molecule has 5 rings (SSSR count). The van der Waals surface area contributed by atoms with Crippen molar-refractivity contribution in [3.8, 4) is 22.0 Å². The third kappa shape index (κ3) is 4.76. The summed E-state index contributed by atoms with van der Waals surface area (Å²) in [7, 11) is 1.64. The summed E-state index contributed by atoms with van der Waals surface area (Å²) in [5.74, 6) is 1.33. The number of nitrogens with zero attached hydrogens (tertiary/aromatic N) is 6. The maximum atomic E-state index is 5.32. The molecule has 176 valence electrons. The Kier molecular flexibility index (Phi) is 6.00. The lowest BCUT2D eigenvalue weighted by molar-refractivity contribution is 0.414. The molecule has 0 atom stereocenters. The zero-order valence-electron chi connectivity index (χ0n) is 19.9. The summed E-state index contributed by atoms with van der Waals surface area (Å²) >= 11 is 1.67. The average Bonchev–Trinajstić information content (AvgIpc) is 3.53. The van der Waals surface area contributed by atoms with E-state index in [-0.39, 0.29) is 5.41 Å². The number of hydrogen-bond acceptors (Lipinski definition) is 8.